The van der Waals surface area contributed by atoms with Crippen molar-refractivity contribution in [2.75, 3.05) is 0 Å². The van der Waals surface area contributed by atoms with E-state index in [1.54, 1.807) is 24.7 Å². The Kier molecular flexibility index (Phi) is 4.84. The van der Waals surface area contributed by atoms with Crippen molar-refractivity contribution < 1.29 is 13.2 Å². The summed E-state index contributed by atoms with van der Waals surface area (Å²) in [4.78, 5) is 14.9. The molecular weight excluding hydrogens is 378 g/mol. The van der Waals surface area contributed by atoms with Crippen molar-refractivity contribution in [2.24, 2.45) is 7.05 Å². The Morgan fingerprint density at radius 1 is 1.14 bits per heavy atom. The second kappa shape index (κ2) is 6.75. The van der Waals surface area contributed by atoms with Crippen LogP contribution in [0.25, 0.3) is 10.9 Å². The van der Waals surface area contributed by atoms with Crippen LogP contribution in [0.1, 0.15) is 42.5 Å². The minimum atomic E-state index is -3.98. The summed E-state index contributed by atoms with van der Waals surface area (Å²) in [7, 11) is -2.15. The number of carbonyl (C=O) groups excluding carboxylic acids is 1. The Morgan fingerprint density at radius 3 is 2.39 bits per heavy atom. The number of amides is 1. The average Bonchev–Trinajstić information content (AvgIpc) is 3.10. The zero-order chi connectivity index (χ0) is 20.9. The van der Waals surface area contributed by atoms with Crippen molar-refractivity contribution in [3.63, 3.8) is 0 Å². The number of carbonyl (C=O) groups is 1. The number of hydrogen-bond acceptors (Lipinski definition) is 4. The first-order valence-electron chi connectivity index (χ1n) is 8.86. The quantitative estimate of drug-likeness (QED) is 0.654. The van der Waals surface area contributed by atoms with E-state index >= 15 is 0 Å². The zero-order valence-corrected chi connectivity index (χ0v) is 17.7. The van der Waals surface area contributed by atoms with Gasteiger partial charge >= 0.3 is 0 Å². The number of sulfonamides is 1. The Morgan fingerprint density at radius 2 is 1.79 bits per heavy atom. The van der Waals surface area contributed by atoms with E-state index in [4.69, 9.17) is 0 Å². The molecule has 0 aliphatic rings. The van der Waals surface area contributed by atoms with Crippen LogP contribution in [0, 0.1) is 13.8 Å². The predicted octanol–water partition coefficient (Wildman–Crippen LogP) is 2.37. The number of hydrazine groups is 1. The van der Waals surface area contributed by atoms with Crippen LogP contribution in [0.3, 0.4) is 0 Å². The molecule has 0 saturated heterocycles. The van der Waals surface area contributed by atoms with Gasteiger partial charge < -0.3 is 4.57 Å². The van der Waals surface area contributed by atoms with Crippen LogP contribution >= 0.6 is 0 Å². The summed E-state index contributed by atoms with van der Waals surface area (Å²) in [6.45, 7) is 9.17. The van der Waals surface area contributed by atoms with Crippen molar-refractivity contribution in [1.29, 1.82) is 0 Å². The highest BCUT2D eigenvalue weighted by atomic mass is 32.2. The first kappa shape index (κ1) is 20.1. The highest BCUT2D eigenvalue weighted by Crippen LogP contribution is 2.25. The molecule has 28 heavy (non-hydrogen) atoms. The van der Waals surface area contributed by atoms with E-state index in [0.717, 1.165) is 10.9 Å². The van der Waals surface area contributed by atoms with Gasteiger partial charge in [0, 0.05) is 24.1 Å². The SMILES string of the molecule is Cc1nn(C(C)(C)C)c(C)c1S(=O)(=O)NNC(=O)c1cn(C)c2ccccc12. The summed E-state index contributed by atoms with van der Waals surface area (Å²) >= 11 is 0. The Hall–Kier alpha value is -2.65. The van der Waals surface area contributed by atoms with Gasteiger partial charge in [0.15, 0.2) is 0 Å². The molecule has 150 valence electrons. The number of hydrogen-bond donors (Lipinski definition) is 2. The number of rotatable bonds is 4. The van der Waals surface area contributed by atoms with Crippen LogP contribution in [-0.2, 0) is 22.6 Å². The lowest BCUT2D eigenvalue weighted by Crippen LogP contribution is -2.41. The molecule has 2 N–H and O–H groups in total. The second-order valence-corrected chi connectivity index (χ2v) is 9.43. The predicted molar refractivity (Wildman–Crippen MR) is 107 cm³/mol. The highest BCUT2D eigenvalue weighted by molar-refractivity contribution is 7.89. The Labute approximate surface area is 164 Å². The lowest BCUT2D eigenvalue weighted by atomic mass is 10.1. The first-order valence-corrected chi connectivity index (χ1v) is 10.3. The van der Waals surface area contributed by atoms with Crippen LogP contribution in [0.5, 0.6) is 0 Å². The van der Waals surface area contributed by atoms with E-state index in [9.17, 15) is 13.2 Å². The van der Waals surface area contributed by atoms with Crippen molar-refractivity contribution in [2.45, 2.75) is 45.1 Å². The van der Waals surface area contributed by atoms with Crippen molar-refractivity contribution in [1.82, 2.24) is 24.6 Å². The molecule has 0 aliphatic heterocycles. The minimum absolute atomic E-state index is 0.0700. The number of para-hydroxylation sites is 1. The van der Waals surface area contributed by atoms with E-state index in [1.165, 1.54) is 0 Å². The molecule has 3 aromatic rings. The average molecular weight is 404 g/mol. The monoisotopic (exact) mass is 403 g/mol. The lowest BCUT2D eigenvalue weighted by molar-refractivity contribution is 0.0946. The lowest BCUT2D eigenvalue weighted by Gasteiger charge is -2.21. The van der Waals surface area contributed by atoms with Crippen LogP contribution in [0.2, 0.25) is 0 Å². The van der Waals surface area contributed by atoms with Crippen LogP contribution < -0.4 is 10.3 Å². The summed E-state index contributed by atoms with van der Waals surface area (Å²) in [6, 6.07) is 7.42. The number of fused-ring (bicyclic) bond motifs is 1. The largest absolute Gasteiger partial charge is 0.350 e. The molecule has 0 unspecified atom stereocenters. The molecule has 8 nitrogen and oxygen atoms in total. The van der Waals surface area contributed by atoms with Gasteiger partial charge in [-0.3, -0.25) is 14.9 Å². The molecule has 0 saturated carbocycles. The van der Waals surface area contributed by atoms with Gasteiger partial charge in [-0.25, -0.2) is 8.42 Å². The summed E-state index contributed by atoms with van der Waals surface area (Å²) in [5.41, 5.74) is 4.11. The molecule has 0 bridgehead atoms. The minimum Gasteiger partial charge on any atom is -0.350 e. The van der Waals surface area contributed by atoms with E-state index < -0.39 is 15.9 Å². The molecule has 9 heteroatoms. The number of aryl methyl sites for hydroxylation is 2. The molecule has 0 fully saturated rings. The van der Waals surface area contributed by atoms with Gasteiger partial charge in [-0.15, -0.1) is 4.83 Å². The fourth-order valence-corrected chi connectivity index (χ4v) is 4.66. The topological polar surface area (TPSA) is 98.0 Å². The van der Waals surface area contributed by atoms with E-state index in [1.807, 2.05) is 56.7 Å². The molecule has 3 rings (SSSR count). The molecular formula is C19H25N5O3S. The van der Waals surface area contributed by atoms with Crippen LogP contribution in [0.15, 0.2) is 35.4 Å². The Balaban J connectivity index is 1.88. The van der Waals surface area contributed by atoms with E-state index in [-0.39, 0.29) is 10.4 Å². The third-order valence-electron chi connectivity index (χ3n) is 4.57. The van der Waals surface area contributed by atoms with Gasteiger partial charge in [-0.05, 0) is 40.7 Å². The highest BCUT2D eigenvalue weighted by Gasteiger charge is 2.29. The summed E-state index contributed by atoms with van der Waals surface area (Å²) in [5.74, 6) is -0.529. The van der Waals surface area contributed by atoms with Gasteiger partial charge in [0.05, 0.1) is 22.5 Å². The number of aromatic nitrogens is 3. The van der Waals surface area contributed by atoms with E-state index in [0.29, 0.717) is 17.0 Å². The molecule has 0 aliphatic carbocycles. The van der Waals surface area contributed by atoms with Crippen LogP contribution in [-0.4, -0.2) is 28.7 Å². The molecule has 0 radical (unpaired) electrons. The maximum atomic E-state index is 12.8. The summed E-state index contributed by atoms with van der Waals surface area (Å²) in [6.07, 6.45) is 1.67. The van der Waals surface area contributed by atoms with Gasteiger partial charge in [0.25, 0.3) is 15.9 Å². The molecule has 2 aromatic heterocycles. The summed E-state index contributed by atoms with van der Waals surface area (Å²) in [5, 5.41) is 5.10. The van der Waals surface area contributed by atoms with Crippen molar-refractivity contribution in [3.05, 3.63) is 47.4 Å². The molecule has 0 spiro atoms. The maximum Gasteiger partial charge on any atom is 0.268 e. The second-order valence-electron chi connectivity index (χ2n) is 7.81. The fourth-order valence-electron chi connectivity index (χ4n) is 3.42. The molecule has 0 atom stereocenters. The number of nitrogens with zero attached hydrogens (tertiary/aromatic N) is 3. The number of benzene rings is 1. The van der Waals surface area contributed by atoms with Gasteiger partial charge in [0.1, 0.15) is 4.90 Å². The van der Waals surface area contributed by atoms with Gasteiger partial charge in [-0.1, -0.05) is 18.2 Å². The zero-order valence-electron chi connectivity index (χ0n) is 16.9. The van der Waals surface area contributed by atoms with E-state index in [2.05, 4.69) is 15.4 Å². The molecule has 1 aromatic carbocycles. The van der Waals surface area contributed by atoms with Gasteiger partial charge in [-0.2, -0.15) is 5.10 Å². The maximum absolute atomic E-state index is 12.8. The first-order chi connectivity index (χ1) is 12.9. The summed E-state index contributed by atoms with van der Waals surface area (Å²) < 4.78 is 29.2. The van der Waals surface area contributed by atoms with Crippen molar-refractivity contribution >= 4 is 26.8 Å². The standard InChI is InChI=1S/C19H25N5O3S/c1-12-17(13(2)24(21-12)19(3,4)5)28(26,27)22-20-18(25)15-11-23(6)16-10-8-7-9-14(15)16/h7-11,22H,1-6H3,(H,20,25). The molecule has 2 heterocycles. The van der Waals surface area contributed by atoms with Gasteiger partial charge in [0.2, 0.25) is 0 Å². The molecule has 1 amide bonds. The fraction of sp³-hybridized carbons (Fsp3) is 0.368. The van der Waals surface area contributed by atoms with Crippen LogP contribution in [0.4, 0.5) is 0 Å². The number of nitrogens with one attached hydrogen (secondary N) is 2. The third-order valence-corrected chi connectivity index (χ3v) is 6.07. The normalized spacial score (nSPS) is 12.5. The Bertz CT molecular complexity index is 1170. The third kappa shape index (κ3) is 3.43. The smallest absolute Gasteiger partial charge is 0.268 e. The van der Waals surface area contributed by atoms with Crippen molar-refractivity contribution in [3.8, 4) is 0 Å².